The van der Waals surface area contributed by atoms with Gasteiger partial charge in [-0.2, -0.15) is 5.26 Å². The van der Waals surface area contributed by atoms with E-state index < -0.39 is 0 Å². The number of nitriles is 1. The van der Waals surface area contributed by atoms with Crippen molar-refractivity contribution in [3.05, 3.63) is 59.9 Å². The van der Waals surface area contributed by atoms with Crippen LogP contribution in [0.2, 0.25) is 0 Å². The first-order valence-corrected chi connectivity index (χ1v) is 5.40. The normalized spacial score (nSPS) is 9.56. The third-order valence-corrected chi connectivity index (χ3v) is 2.60. The Morgan fingerprint density at radius 1 is 1.28 bits per heavy atom. The Labute approximate surface area is 105 Å². The Kier molecular flexibility index (Phi) is 3.35. The molecule has 1 heterocycles. The number of hydrogen-bond donors (Lipinski definition) is 0. The molecule has 18 heavy (non-hydrogen) atoms. The zero-order valence-electron chi connectivity index (χ0n) is 9.87. The Hall–Kier alpha value is -2.67. The second-order valence-corrected chi connectivity index (χ2v) is 3.76. The maximum atomic E-state index is 12.1. The summed E-state index contributed by atoms with van der Waals surface area (Å²) in [6.07, 6.45) is 3.15. The van der Waals surface area contributed by atoms with E-state index in [1.807, 2.05) is 6.07 Å². The zero-order valence-corrected chi connectivity index (χ0v) is 9.87. The number of pyridine rings is 1. The van der Waals surface area contributed by atoms with Crippen molar-refractivity contribution in [1.82, 2.24) is 4.98 Å². The summed E-state index contributed by atoms with van der Waals surface area (Å²) in [5.74, 6) is -0.132. The smallest absolute Gasteiger partial charge is 0.259 e. The maximum absolute atomic E-state index is 12.1. The van der Waals surface area contributed by atoms with Crippen LogP contribution in [0, 0.1) is 11.3 Å². The number of hydrogen-bond acceptors (Lipinski definition) is 3. The Morgan fingerprint density at radius 2 is 2.00 bits per heavy atom. The largest absolute Gasteiger partial charge is 0.311 e. The molecule has 4 heteroatoms. The van der Waals surface area contributed by atoms with Crippen LogP contribution in [0.1, 0.15) is 15.9 Å². The first-order chi connectivity index (χ1) is 8.72. The molecule has 1 aromatic heterocycles. The molecule has 0 aliphatic heterocycles. The molecule has 0 radical (unpaired) electrons. The van der Waals surface area contributed by atoms with Gasteiger partial charge in [-0.05, 0) is 36.4 Å². The highest BCUT2D eigenvalue weighted by molar-refractivity contribution is 6.05. The fourth-order valence-corrected chi connectivity index (χ4v) is 1.56. The number of carbonyl (C=O) groups excluding carboxylic acids is 1. The zero-order chi connectivity index (χ0) is 13.0. The molecule has 2 aromatic rings. The molecule has 0 bridgehead atoms. The van der Waals surface area contributed by atoms with Gasteiger partial charge in [0.25, 0.3) is 5.91 Å². The molecule has 0 spiro atoms. The van der Waals surface area contributed by atoms with Gasteiger partial charge in [0, 0.05) is 25.1 Å². The monoisotopic (exact) mass is 237 g/mol. The van der Waals surface area contributed by atoms with E-state index in [1.165, 1.54) is 11.1 Å². The fourth-order valence-electron chi connectivity index (χ4n) is 1.56. The molecule has 0 saturated heterocycles. The molecule has 0 aliphatic carbocycles. The van der Waals surface area contributed by atoms with E-state index in [-0.39, 0.29) is 5.91 Å². The molecule has 0 N–H and O–H groups in total. The lowest BCUT2D eigenvalue weighted by molar-refractivity contribution is 0.0992. The van der Waals surface area contributed by atoms with Crippen LogP contribution in [-0.4, -0.2) is 17.9 Å². The third-order valence-electron chi connectivity index (χ3n) is 2.60. The molecule has 0 aliphatic rings. The standard InChI is InChI=1S/C14H11N3O/c1-17(13-6-4-11(9-15)5-7-13)14(18)12-3-2-8-16-10-12/h2-8,10H,1H3. The lowest BCUT2D eigenvalue weighted by Gasteiger charge is -2.17. The van der Waals surface area contributed by atoms with Crippen LogP contribution in [0.5, 0.6) is 0 Å². The van der Waals surface area contributed by atoms with Gasteiger partial charge in [0.1, 0.15) is 0 Å². The van der Waals surface area contributed by atoms with Crippen molar-refractivity contribution >= 4 is 11.6 Å². The minimum atomic E-state index is -0.132. The SMILES string of the molecule is CN(C(=O)c1cccnc1)c1ccc(C#N)cc1. The van der Waals surface area contributed by atoms with Crippen LogP contribution in [-0.2, 0) is 0 Å². The van der Waals surface area contributed by atoms with Crippen LogP contribution in [0.25, 0.3) is 0 Å². The molecule has 0 atom stereocenters. The van der Waals surface area contributed by atoms with Gasteiger partial charge < -0.3 is 4.90 Å². The number of anilines is 1. The van der Waals surface area contributed by atoms with E-state index in [0.717, 1.165) is 5.69 Å². The Balaban J connectivity index is 2.23. The average molecular weight is 237 g/mol. The summed E-state index contributed by atoms with van der Waals surface area (Å²) in [7, 11) is 1.69. The van der Waals surface area contributed by atoms with Gasteiger partial charge in [0.2, 0.25) is 0 Å². The summed E-state index contributed by atoms with van der Waals surface area (Å²) in [5, 5.41) is 8.72. The highest BCUT2D eigenvalue weighted by atomic mass is 16.2. The van der Waals surface area contributed by atoms with Crippen LogP contribution >= 0.6 is 0 Å². The van der Waals surface area contributed by atoms with Crippen LogP contribution in [0.4, 0.5) is 5.69 Å². The van der Waals surface area contributed by atoms with E-state index in [1.54, 1.807) is 49.6 Å². The lowest BCUT2D eigenvalue weighted by atomic mass is 10.2. The van der Waals surface area contributed by atoms with Crippen molar-refractivity contribution in [3.8, 4) is 6.07 Å². The summed E-state index contributed by atoms with van der Waals surface area (Å²) in [4.78, 5) is 17.6. The Bertz CT molecular complexity index is 585. The number of amides is 1. The average Bonchev–Trinajstić information content (AvgIpc) is 2.47. The highest BCUT2D eigenvalue weighted by Crippen LogP contribution is 2.15. The first kappa shape index (κ1) is 11.8. The number of benzene rings is 1. The molecular weight excluding hydrogens is 226 g/mol. The summed E-state index contributed by atoms with van der Waals surface area (Å²) in [6, 6.07) is 12.3. The van der Waals surface area contributed by atoms with Crippen LogP contribution in [0.3, 0.4) is 0 Å². The van der Waals surface area contributed by atoms with Crippen molar-refractivity contribution in [2.75, 3.05) is 11.9 Å². The Morgan fingerprint density at radius 3 is 2.56 bits per heavy atom. The topological polar surface area (TPSA) is 57.0 Å². The minimum Gasteiger partial charge on any atom is -0.311 e. The second kappa shape index (κ2) is 5.11. The number of aromatic nitrogens is 1. The third kappa shape index (κ3) is 2.36. The van der Waals surface area contributed by atoms with E-state index >= 15 is 0 Å². The summed E-state index contributed by atoms with van der Waals surface area (Å²) < 4.78 is 0. The summed E-state index contributed by atoms with van der Waals surface area (Å²) >= 11 is 0. The quantitative estimate of drug-likeness (QED) is 0.804. The maximum Gasteiger partial charge on any atom is 0.259 e. The van der Waals surface area contributed by atoms with Crippen molar-refractivity contribution < 1.29 is 4.79 Å². The number of carbonyl (C=O) groups is 1. The molecule has 1 amide bonds. The minimum absolute atomic E-state index is 0.132. The van der Waals surface area contributed by atoms with Crippen LogP contribution < -0.4 is 4.90 Å². The van der Waals surface area contributed by atoms with E-state index in [0.29, 0.717) is 11.1 Å². The first-order valence-electron chi connectivity index (χ1n) is 5.40. The number of nitrogens with zero attached hydrogens (tertiary/aromatic N) is 3. The van der Waals surface area contributed by atoms with Crippen molar-refractivity contribution in [3.63, 3.8) is 0 Å². The fraction of sp³-hybridized carbons (Fsp3) is 0.0714. The van der Waals surface area contributed by atoms with Gasteiger partial charge in [-0.25, -0.2) is 0 Å². The van der Waals surface area contributed by atoms with E-state index in [4.69, 9.17) is 5.26 Å². The molecule has 0 fully saturated rings. The van der Waals surface area contributed by atoms with Gasteiger partial charge in [-0.1, -0.05) is 0 Å². The molecule has 0 saturated carbocycles. The highest BCUT2D eigenvalue weighted by Gasteiger charge is 2.13. The molecule has 4 nitrogen and oxygen atoms in total. The van der Waals surface area contributed by atoms with Gasteiger partial charge in [-0.15, -0.1) is 0 Å². The van der Waals surface area contributed by atoms with Crippen molar-refractivity contribution in [2.45, 2.75) is 0 Å². The summed E-state index contributed by atoms with van der Waals surface area (Å²) in [6.45, 7) is 0. The van der Waals surface area contributed by atoms with Gasteiger partial charge in [0.05, 0.1) is 17.2 Å². The van der Waals surface area contributed by atoms with Gasteiger partial charge >= 0.3 is 0 Å². The predicted octanol–water partition coefficient (Wildman–Crippen LogP) is 2.23. The molecular formula is C14H11N3O. The second-order valence-electron chi connectivity index (χ2n) is 3.76. The van der Waals surface area contributed by atoms with Crippen LogP contribution in [0.15, 0.2) is 48.8 Å². The van der Waals surface area contributed by atoms with E-state index in [9.17, 15) is 4.79 Å². The number of rotatable bonds is 2. The molecule has 88 valence electrons. The van der Waals surface area contributed by atoms with Gasteiger partial charge in [-0.3, -0.25) is 9.78 Å². The van der Waals surface area contributed by atoms with Crippen molar-refractivity contribution in [1.29, 1.82) is 5.26 Å². The van der Waals surface area contributed by atoms with Crippen molar-refractivity contribution in [2.24, 2.45) is 0 Å². The van der Waals surface area contributed by atoms with E-state index in [2.05, 4.69) is 4.98 Å². The lowest BCUT2D eigenvalue weighted by Crippen LogP contribution is -2.26. The molecule has 2 rings (SSSR count). The van der Waals surface area contributed by atoms with Gasteiger partial charge in [0.15, 0.2) is 0 Å². The molecule has 0 unspecified atom stereocenters. The summed E-state index contributed by atoms with van der Waals surface area (Å²) in [5.41, 5.74) is 1.84. The predicted molar refractivity (Wildman–Crippen MR) is 68.1 cm³/mol. The molecule has 1 aromatic carbocycles.